The molecule has 0 radical (unpaired) electrons. The van der Waals surface area contributed by atoms with E-state index in [1.807, 2.05) is 42.5 Å². The van der Waals surface area contributed by atoms with E-state index in [1.165, 1.54) is 18.9 Å². The van der Waals surface area contributed by atoms with Gasteiger partial charge in [-0.05, 0) is 30.7 Å². The number of esters is 2. The Kier molecular flexibility index (Phi) is 18.9. The van der Waals surface area contributed by atoms with Gasteiger partial charge in [0.2, 0.25) is 0 Å². The van der Waals surface area contributed by atoms with Crippen LogP contribution >= 0.6 is 0 Å². The number of carbonyl (C=O) groups is 3. The number of carboxylic acid groups (broad SMARTS) is 1. The smallest absolute Gasteiger partial charge is 0.333 e. The lowest BCUT2D eigenvalue weighted by Crippen LogP contribution is -2.14. The number of carboxylic acids is 1. The number of aliphatic hydroxyl groups excluding tert-OH is 1. The third-order valence-corrected chi connectivity index (χ3v) is 4.99. The lowest BCUT2D eigenvalue weighted by molar-refractivity contribution is -0.141. The Bertz CT molecular complexity index is 869. The summed E-state index contributed by atoms with van der Waals surface area (Å²) >= 11 is 0. The minimum Gasteiger partial charge on any atom is -0.478 e. The van der Waals surface area contributed by atoms with Crippen LogP contribution in [0.4, 0.5) is 0 Å². The van der Waals surface area contributed by atoms with Gasteiger partial charge in [-0.1, -0.05) is 94.8 Å². The molecular weight excluding hydrogens is 460 g/mol. The lowest BCUT2D eigenvalue weighted by atomic mass is 10.0. The van der Waals surface area contributed by atoms with Crippen LogP contribution in [0.1, 0.15) is 57.9 Å². The Labute approximate surface area is 214 Å². The average molecular weight is 501 g/mol. The summed E-state index contributed by atoms with van der Waals surface area (Å²) in [7, 11) is 0. The summed E-state index contributed by atoms with van der Waals surface area (Å²) in [4.78, 5) is 32.9. The van der Waals surface area contributed by atoms with E-state index in [9.17, 15) is 14.4 Å². The molecule has 0 saturated heterocycles. The van der Waals surface area contributed by atoms with Crippen molar-refractivity contribution in [2.45, 2.75) is 52.4 Å². The number of carbonyl (C=O) groups excluding carboxylic acids is 2. The molecule has 0 saturated carbocycles. The van der Waals surface area contributed by atoms with Crippen molar-refractivity contribution >= 4 is 24.0 Å². The molecule has 0 bridgehead atoms. The van der Waals surface area contributed by atoms with Gasteiger partial charge in [-0.15, -0.1) is 0 Å². The number of rotatable bonds is 16. The quantitative estimate of drug-likeness (QED) is 0.227. The number of ether oxygens (including phenoxy) is 2. The molecule has 7 nitrogen and oxygen atoms in total. The van der Waals surface area contributed by atoms with Gasteiger partial charge in [0.25, 0.3) is 0 Å². The van der Waals surface area contributed by atoms with Gasteiger partial charge < -0.3 is 19.7 Å². The maximum absolute atomic E-state index is 11.9. The van der Waals surface area contributed by atoms with E-state index in [0.717, 1.165) is 24.5 Å². The predicted molar refractivity (Wildman–Crippen MR) is 142 cm³/mol. The monoisotopic (exact) mass is 500 g/mol. The fourth-order valence-electron chi connectivity index (χ4n) is 2.80. The normalized spacial score (nSPS) is 11.4. The van der Waals surface area contributed by atoms with Crippen LogP contribution in [-0.4, -0.2) is 47.9 Å². The van der Waals surface area contributed by atoms with Gasteiger partial charge in [0, 0.05) is 17.2 Å². The van der Waals surface area contributed by atoms with E-state index >= 15 is 0 Å². The molecule has 0 heterocycles. The first kappa shape index (κ1) is 32.5. The molecule has 2 N–H and O–H groups in total. The number of hydrogen-bond acceptors (Lipinski definition) is 6. The van der Waals surface area contributed by atoms with E-state index in [1.54, 1.807) is 0 Å². The first-order valence-electron chi connectivity index (χ1n) is 12.2. The largest absolute Gasteiger partial charge is 0.478 e. The van der Waals surface area contributed by atoms with Gasteiger partial charge >= 0.3 is 17.9 Å². The van der Waals surface area contributed by atoms with Crippen LogP contribution in [0.15, 0.2) is 72.9 Å². The molecule has 0 aromatic heterocycles. The summed E-state index contributed by atoms with van der Waals surface area (Å²) in [5, 5.41) is 16.6. The van der Waals surface area contributed by atoms with Crippen molar-refractivity contribution < 1.29 is 34.1 Å². The summed E-state index contributed by atoms with van der Waals surface area (Å²) in [6, 6.07) is 10.0. The second-order valence-electron chi connectivity index (χ2n) is 8.04. The molecule has 0 aliphatic carbocycles. The summed E-state index contributed by atoms with van der Waals surface area (Å²) in [5.74, 6) is -1.51. The third kappa shape index (κ3) is 17.1. The van der Waals surface area contributed by atoms with Gasteiger partial charge in [-0.25, -0.2) is 14.4 Å². The van der Waals surface area contributed by atoms with Crippen molar-refractivity contribution in [2.24, 2.45) is 5.92 Å². The van der Waals surface area contributed by atoms with Gasteiger partial charge in [0.1, 0.15) is 6.61 Å². The van der Waals surface area contributed by atoms with Crippen molar-refractivity contribution in [1.29, 1.82) is 0 Å². The van der Waals surface area contributed by atoms with E-state index < -0.39 is 11.9 Å². The van der Waals surface area contributed by atoms with Crippen molar-refractivity contribution in [3.05, 3.63) is 78.4 Å². The highest BCUT2D eigenvalue weighted by Gasteiger charge is 2.12. The highest BCUT2D eigenvalue weighted by molar-refractivity contribution is 5.88. The molecule has 7 heteroatoms. The van der Waals surface area contributed by atoms with E-state index in [0.29, 0.717) is 24.5 Å². The second kappa shape index (κ2) is 20.9. The highest BCUT2D eigenvalue weighted by atomic mass is 16.5. The zero-order valence-electron chi connectivity index (χ0n) is 21.5. The van der Waals surface area contributed by atoms with Crippen LogP contribution in [0.25, 0.3) is 6.08 Å². The summed E-state index contributed by atoms with van der Waals surface area (Å²) in [6.07, 6.45) is 11.4. The number of benzene rings is 1. The van der Waals surface area contributed by atoms with Crippen molar-refractivity contribution in [2.75, 3.05) is 19.8 Å². The summed E-state index contributed by atoms with van der Waals surface area (Å²) in [6.45, 7) is 11.7. The van der Waals surface area contributed by atoms with E-state index in [2.05, 4.69) is 31.7 Å². The highest BCUT2D eigenvalue weighted by Crippen LogP contribution is 2.14. The zero-order valence-corrected chi connectivity index (χ0v) is 21.5. The fraction of sp³-hybridized carbons (Fsp3) is 0.414. The maximum atomic E-state index is 11.9. The fourth-order valence-corrected chi connectivity index (χ4v) is 2.80. The van der Waals surface area contributed by atoms with Crippen LogP contribution in [-0.2, 0) is 23.9 Å². The molecule has 0 spiro atoms. The molecule has 198 valence electrons. The average Bonchev–Trinajstić information content (AvgIpc) is 2.87. The topological polar surface area (TPSA) is 110 Å². The first-order valence-corrected chi connectivity index (χ1v) is 12.2. The minimum absolute atomic E-state index is 0.0828. The molecule has 36 heavy (non-hydrogen) atoms. The Morgan fingerprint density at radius 3 is 2.14 bits per heavy atom. The summed E-state index contributed by atoms with van der Waals surface area (Å²) in [5.41, 5.74) is 1.78. The minimum atomic E-state index is -1.08. The number of aliphatic carboxylic acids is 1. The molecular formula is C29H40O7. The molecule has 1 atom stereocenters. The van der Waals surface area contributed by atoms with Crippen LogP contribution in [0.2, 0.25) is 0 Å². The lowest BCUT2D eigenvalue weighted by Gasteiger charge is -2.14. The Hall–Kier alpha value is -3.45. The van der Waals surface area contributed by atoms with Crippen LogP contribution in [0.3, 0.4) is 0 Å². The molecule has 1 rings (SSSR count). The molecule has 0 aliphatic heterocycles. The molecule has 0 aliphatic rings. The summed E-state index contributed by atoms with van der Waals surface area (Å²) < 4.78 is 9.93. The number of allylic oxidation sites excluding steroid dienone is 2. The van der Waals surface area contributed by atoms with Gasteiger partial charge in [-0.3, -0.25) is 0 Å². The second-order valence-corrected chi connectivity index (χ2v) is 8.04. The number of unbranched alkanes of at least 4 members (excludes halogenated alkanes) is 1. The first-order chi connectivity index (χ1) is 17.2. The number of aliphatic hydroxyl groups is 1. The van der Waals surface area contributed by atoms with Crippen molar-refractivity contribution in [1.82, 2.24) is 0 Å². The molecule has 1 unspecified atom stereocenters. The molecule has 0 fully saturated rings. The van der Waals surface area contributed by atoms with Gasteiger partial charge in [-0.2, -0.15) is 0 Å². The molecule has 0 amide bonds. The van der Waals surface area contributed by atoms with Crippen LogP contribution in [0, 0.1) is 5.92 Å². The Morgan fingerprint density at radius 2 is 1.58 bits per heavy atom. The predicted octanol–water partition coefficient (Wildman–Crippen LogP) is 5.51. The van der Waals surface area contributed by atoms with Gasteiger partial charge in [0.05, 0.1) is 13.2 Å². The van der Waals surface area contributed by atoms with E-state index in [-0.39, 0.29) is 31.2 Å². The van der Waals surface area contributed by atoms with Crippen molar-refractivity contribution in [3.63, 3.8) is 0 Å². The van der Waals surface area contributed by atoms with Crippen LogP contribution in [0.5, 0.6) is 0 Å². The Balaban J connectivity index is 0.000000757. The maximum Gasteiger partial charge on any atom is 0.333 e. The standard InChI is InChI=1S/C20H28O2.C9H12O5/c1-4-6-12-18(5-2)16-22-20(21)17(3)11-10-15-19-13-8-7-9-14-19;1-7(3-2-4-8(11)12)9(13)14-6-5-10/h7-10,13-15,18H,3-6,11-12,16H2,1-2H3;2,4,10H,1,3,5-6H2,(H,11,12). The Morgan fingerprint density at radius 1 is 0.972 bits per heavy atom. The zero-order chi connectivity index (χ0) is 27.2. The number of hydrogen-bond donors (Lipinski definition) is 2. The van der Waals surface area contributed by atoms with Gasteiger partial charge in [0.15, 0.2) is 0 Å². The molecule has 1 aromatic rings. The third-order valence-electron chi connectivity index (χ3n) is 4.99. The molecule has 1 aromatic carbocycles. The van der Waals surface area contributed by atoms with E-state index in [4.69, 9.17) is 14.9 Å². The SMILES string of the molecule is C=C(CC=CC(=O)O)C(=O)OCCO.C=C(CC=Cc1ccccc1)C(=O)OCC(CC)CCCC. The van der Waals surface area contributed by atoms with Crippen LogP contribution < -0.4 is 0 Å². The van der Waals surface area contributed by atoms with Crippen molar-refractivity contribution in [3.8, 4) is 0 Å².